The molecule has 0 aliphatic heterocycles. The molecule has 2 aromatic carbocycles. The maximum Gasteiger partial charge on any atom is 0.255 e. The maximum absolute atomic E-state index is 12.6. The molecule has 0 spiro atoms. The van der Waals surface area contributed by atoms with E-state index >= 15 is 0 Å². The molecule has 0 radical (unpaired) electrons. The number of aromatic nitrogens is 1. The van der Waals surface area contributed by atoms with Gasteiger partial charge in [0.15, 0.2) is 0 Å². The average molecular weight is 362 g/mol. The van der Waals surface area contributed by atoms with Crippen molar-refractivity contribution < 1.29 is 14.3 Å². The maximum atomic E-state index is 12.6. The van der Waals surface area contributed by atoms with Crippen LogP contribution < -0.4 is 10.1 Å². The number of nitrogens with zero attached hydrogens (tertiary/aromatic N) is 1. The van der Waals surface area contributed by atoms with Gasteiger partial charge in [-0.15, -0.1) is 0 Å². The molecule has 5 heteroatoms. The minimum absolute atomic E-state index is 0.217. The Morgan fingerprint density at radius 2 is 1.78 bits per heavy atom. The molecule has 0 atom stereocenters. The van der Waals surface area contributed by atoms with Crippen LogP contribution in [-0.4, -0.2) is 17.5 Å². The van der Waals surface area contributed by atoms with Crippen LogP contribution in [0.4, 0.5) is 5.69 Å². The number of amides is 1. The van der Waals surface area contributed by atoms with Crippen molar-refractivity contribution in [3.8, 4) is 5.88 Å². The summed E-state index contributed by atoms with van der Waals surface area (Å²) < 4.78 is 11.2. The van der Waals surface area contributed by atoms with E-state index in [4.69, 9.17) is 9.47 Å². The number of nitrogens with one attached hydrogen (secondary N) is 1. The third kappa shape index (κ3) is 5.39. The van der Waals surface area contributed by atoms with Gasteiger partial charge in [0.1, 0.15) is 6.61 Å². The Hall–Kier alpha value is -3.18. The van der Waals surface area contributed by atoms with Gasteiger partial charge in [-0.05, 0) is 24.6 Å². The van der Waals surface area contributed by atoms with Crippen molar-refractivity contribution >= 4 is 11.6 Å². The normalized spacial score (nSPS) is 10.4. The van der Waals surface area contributed by atoms with Crippen LogP contribution in [0.1, 0.15) is 28.4 Å². The summed E-state index contributed by atoms with van der Waals surface area (Å²) in [6.45, 7) is 3.41. The summed E-state index contributed by atoms with van der Waals surface area (Å²) >= 11 is 0. The van der Waals surface area contributed by atoms with E-state index in [0.29, 0.717) is 31.3 Å². The highest BCUT2D eigenvalue weighted by Gasteiger charge is 2.11. The Morgan fingerprint density at radius 3 is 2.59 bits per heavy atom. The van der Waals surface area contributed by atoms with E-state index in [1.165, 1.54) is 0 Å². The molecule has 1 heterocycles. The second kappa shape index (κ2) is 9.50. The van der Waals surface area contributed by atoms with Gasteiger partial charge in [-0.25, -0.2) is 4.98 Å². The average Bonchev–Trinajstić information content (AvgIpc) is 2.72. The van der Waals surface area contributed by atoms with Gasteiger partial charge in [-0.2, -0.15) is 0 Å². The molecule has 0 saturated heterocycles. The minimum atomic E-state index is -0.217. The highest BCUT2D eigenvalue weighted by Crippen LogP contribution is 2.18. The Kier molecular flexibility index (Phi) is 6.55. The van der Waals surface area contributed by atoms with E-state index in [9.17, 15) is 4.79 Å². The summed E-state index contributed by atoms with van der Waals surface area (Å²) in [6.07, 6.45) is 1.57. The van der Waals surface area contributed by atoms with Crippen molar-refractivity contribution in [2.24, 2.45) is 0 Å². The molecule has 0 aliphatic carbocycles. The van der Waals surface area contributed by atoms with Crippen LogP contribution in [0.2, 0.25) is 0 Å². The zero-order valence-corrected chi connectivity index (χ0v) is 15.2. The van der Waals surface area contributed by atoms with Crippen LogP contribution in [0.5, 0.6) is 5.88 Å². The highest BCUT2D eigenvalue weighted by molar-refractivity contribution is 6.04. The predicted octanol–water partition coefficient (Wildman–Crippen LogP) is 4.45. The van der Waals surface area contributed by atoms with Crippen LogP contribution in [0.15, 0.2) is 72.9 Å². The number of ether oxygens (including phenoxy) is 2. The number of carbonyl (C=O) groups excluding carboxylic acids is 1. The number of benzene rings is 2. The molecule has 0 aliphatic rings. The molecular weight excluding hydrogens is 340 g/mol. The number of rotatable bonds is 8. The summed E-state index contributed by atoms with van der Waals surface area (Å²) in [7, 11) is 0. The van der Waals surface area contributed by atoms with Crippen LogP contribution >= 0.6 is 0 Å². The van der Waals surface area contributed by atoms with E-state index in [0.717, 1.165) is 16.8 Å². The zero-order valence-electron chi connectivity index (χ0n) is 15.2. The molecule has 0 unspecified atom stereocenters. The van der Waals surface area contributed by atoms with Gasteiger partial charge in [-0.3, -0.25) is 4.79 Å². The van der Waals surface area contributed by atoms with Gasteiger partial charge >= 0.3 is 0 Å². The smallest absolute Gasteiger partial charge is 0.255 e. The predicted molar refractivity (Wildman–Crippen MR) is 105 cm³/mol. The van der Waals surface area contributed by atoms with Gasteiger partial charge in [-0.1, -0.05) is 48.5 Å². The Balaban J connectivity index is 1.67. The quantitative estimate of drug-likeness (QED) is 0.643. The van der Waals surface area contributed by atoms with Gasteiger partial charge in [0.25, 0.3) is 5.91 Å². The molecule has 3 rings (SSSR count). The van der Waals surface area contributed by atoms with Crippen molar-refractivity contribution in [2.75, 3.05) is 11.9 Å². The molecule has 1 aromatic heterocycles. The monoisotopic (exact) mass is 362 g/mol. The van der Waals surface area contributed by atoms with Crippen molar-refractivity contribution in [1.29, 1.82) is 0 Å². The number of hydrogen-bond acceptors (Lipinski definition) is 4. The molecule has 27 heavy (non-hydrogen) atoms. The molecule has 0 bridgehead atoms. The lowest BCUT2D eigenvalue weighted by Gasteiger charge is -2.12. The first-order chi connectivity index (χ1) is 13.3. The summed E-state index contributed by atoms with van der Waals surface area (Å²) in [5.74, 6) is 0.194. The number of hydrogen-bond donors (Lipinski definition) is 1. The summed E-state index contributed by atoms with van der Waals surface area (Å²) in [5, 5.41) is 2.93. The van der Waals surface area contributed by atoms with Gasteiger partial charge in [0.2, 0.25) is 5.88 Å². The molecular formula is C22H22N2O3. The van der Waals surface area contributed by atoms with Crippen LogP contribution in [0.3, 0.4) is 0 Å². The van der Waals surface area contributed by atoms with E-state index in [2.05, 4.69) is 10.3 Å². The molecule has 1 N–H and O–H groups in total. The lowest BCUT2D eigenvalue weighted by molar-refractivity contribution is 0.102. The van der Waals surface area contributed by atoms with Crippen molar-refractivity contribution in [1.82, 2.24) is 4.98 Å². The molecule has 5 nitrogen and oxygen atoms in total. The second-order valence-electron chi connectivity index (χ2n) is 5.91. The molecule has 0 fully saturated rings. The fourth-order valence-corrected chi connectivity index (χ4v) is 2.54. The topological polar surface area (TPSA) is 60.5 Å². The lowest BCUT2D eigenvalue weighted by atomic mass is 10.1. The van der Waals surface area contributed by atoms with E-state index < -0.39 is 0 Å². The van der Waals surface area contributed by atoms with E-state index in [-0.39, 0.29) is 5.91 Å². The van der Waals surface area contributed by atoms with Gasteiger partial charge < -0.3 is 14.8 Å². The minimum Gasteiger partial charge on any atom is -0.473 e. The summed E-state index contributed by atoms with van der Waals surface area (Å²) in [4.78, 5) is 16.8. The molecule has 138 valence electrons. The first kappa shape index (κ1) is 18.6. The molecule has 1 amide bonds. The summed E-state index contributed by atoms with van der Waals surface area (Å²) in [5.41, 5.74) is 3.19. The SMILES string of the molecule is CCOCc1ccccc1NC(=O)c1ccnc(OCc2ccccc2)c1. The second-order valence-corrected chi connectivity index (χ2v) is 5.91. The number of carbonyl (C=O) groups is 1. The first-order valence-electron chi connectivity index (χ1n) is 8.86. The van der Waals surface area contributed by atoms with Crippen LogP contribution in [-0.2, 0) is 18.0 Å². The lowest BCUT2D eigenvalue weighted by Crippen LogP contribution is -2.14. The van der Waals surface area contributed by atoms with Gasteiger partial charge in [0.05, 0.1) is 6.61 Å². The first-order valence-corrected chi connectivity index (χ1v) is 8.86. The Morgan fingerprint density at radius 1 is 1.00 bits per heavy atom. The Bertz CT molecular complexity index is 881. The molecule has 0 saturated carbocycles. The molecule has 3 aromatic rings. The third-order valence-corrected chi connectivity index (χ3v) is 3.95. The fourth-order valence-electron chi connectivity index (χ4n) is 2.54. The standard InChI is InChI=1S/C22H22N2O3/c1-2-26-16-19-10-6-7-11-20(19)24-22(25)18-12-13-23-21(14-18)27-15-17-8-4-3-5-9-17/h3-14H,2,15-16H2,1H3,(H,24,25). The van der Waals surface area contributed by atoms with E-state index in [1.54, 1.807) is 18.3 Å². The largest absolute Gasteiger partial charge is 0.473 e. The Labute approximate surface area is 159 Å². The highest BCUT2D eigenvalue weighted by atomic mass is 16.5. The van der Waals surface area contributed by atoms with Gasteiger partial charge in [0, 0.05) is 35.7 Å². The van der Waals surface area contributed by atoms with Crippen LogP contribution in [0.25, 0.3) is 0 Å². The van der Waals surface area contributed by atoms with Crippen molar-refractivity contribution in [3.63, 3.8) is 0 Å². The third-order valence-electron chi connectivity index (χ3n) is 3.95. The van der Waals surface area contributed by atoms with Crippen molar-refractivity contribution in [3.05, 3.63) is 89.6 Å². The summed E-state index contributed by atoms with van der Waals surface area (Å²) in [6, 6.07) is 20.7. The zero-order chi connectivity index (χ0) is 18.9. The van der Waals surface area contributed by atoms with E-state index in [1.807, 2.05) is 61.5 Å². The number of pyridine rings is 1. The van der Waals surface area contributed by atoms with Crippen LogP contribution in [0, 0.1) is 0 Å². The number of anilines is 1. The van der Waals surface area contributed by atoms with Crippen molar-refractivity contribution in [2.45, 2.75) is 20.1 Å². The fraction of sp³-hybridized carbons (Fsp3) is 0.182. The number of para-hydroxylation sites is 1.